The van der Waals surface area contributed by atoms with Gasteiger partial charge >= 0.3 is 12.4 Å². The minimum atomic E-state index is -4.86. The van der Waals surface area contributed by atoms with Crippen molar-refractivity contribution in [1.82, 2.24) is 0 Å². The molecule has 0 amide bonds. The van der Waals surface area contributed by atoms with Crippen LogP contribution < -0.4 is 0 Å². The predicted molar refractivity (Wildman–Crippen MR) is 161 cm³/mol. The number of benzene rings is 4. The highest BCUT2D eigenvalue weighted by Crippen LogP contribution is 2.65. The van der Waals surface area contributed by atoms with E-state index in [0.29, 0.717) is 22.3 Å². The predicted octanol–water partition coefficient (Wildman–Crippen LogP) is 10.9. The number of hydrogen-bond acceptors (Lipinski definition) is 0. The second-order valence-corrected chi connectivity index (χ2v) is 13.2. The van der Waals surface area contributed by atoms with E-state index in [-0.39, 0.29) is 34.1 Å². The normalized spacial score (nSPS) is 27.3. The molecule has 0 aromatic heterocycles. The van der Waals surface area contributed by atoms with Crippen molar-refractivity contribution in [2.24, 2.45) is 11.8 Å². The molecule has 4 aromatic rings. The first kappa shape index (κ1) is 26.4. The molecule has 44 heavy (non-hydrogen) atoms. The van der Waals surface area contributed by atoms with Crippen molar-refractivity contribution in [1.29, 1.82) is 0 Å². The van der Waals surface area contributed by atoms with Gasteiger partial charge in [-0.3, -0.25) is 0 Å². The zero-order valence-electron chi connectivity index (χ0n) is 23.9. The number of halogens is 6. The Morgan fingerprint density at radius 2 is 1.14 bits per heavy atom. The van der Waals surface area contributed by atoms with Gasteiger partial charge < -0.3 is 0 Å². The fourth-order valence-electron chi connectivity index (χ4n) is 8.97. The lowest BCUT2D eigenvalue weighted by molar-refractivity contribution is -0.188. The minimum absolute atomic E-state index is 0.0370. The third kappa shape index (κ3) is 2.89. The molecule has 6 heteroatoms. The zero-order valence-corrected chi connectivity index (χ0v) is 23.9. The number of allylic oxidation sites excluding steroid dienone is 6. The molecule has 0 fully saturated rings. The van der Waals surface area contributed by atoms with Crippen LogP contribution in [0.15, 0.2) is 85.0 Å². The smallest absolute Gasteiger partial charge is 0.170 e. The van der Waals surface area contributed by atoms with E-state index in [0.717, 1.165) is 59.7 Å². The van der Waals surface area contributed by atoms with E-state index in [4.69, 9.17) is 0 Å². The fourth-order valence-corrected chi connectivity index (χ4v) is 8.97. The molecule has 4 aromatic carbocycles. The molecule has 5 aliphatic carbocycles. The van der Waals surface area contributed by atoms with Gasteiger partial charge in [-0.05, 0) is 134 Å². The van der Waals surface area contributed by atoms with Crippen molar-refractivity contribution in [2.45, 2.75) is 49.9 Å². The maximum Gasteiger partial charge on any atom is 0.402 e. The second-order valence-electron chi connectivity index (χ2n) is 13.2. The van der Waals surface area contributed by atoms with Crippen molar-refractivity contribution < 1.29 is 26.3 Å². The third-order valence-electron chi connectivity index (χ3n) is 11.3. The molecule has 0 saturated heterocycles. The van der Waals surface area contributed by atoms with Crippen LogP contribution in [-0.2, 0) is 10.8 Å². The van der Waals surface area contributed by atoms with Gasteiger partial charge in [0, 0.05) is 5.92 Å². The third-order valence-corrected chi connectivity index (χ3v) is 11.3. The fraction of sp³-hybridized carbons (Fsp3) is 0.263. The van der Waals surface area contributed by atoms with Gasteiger partial charge in [0.15, 0.2) is 0 Å². The van der Waals surface area contributed by atoms with E-state index in [2.05, 4.69) is 12.2 Å². The maximum absolute atomic E-state index is 15.7. The van der Waals surface area contributed by atoms with Crippen LogP contribution in [0.3, 0.4) is 0 Å². The topological polar surface area (TPSA) is 0 Å². The number of fused-ring (bicyclic) bond motifs is 8. The Bertz CT molecular complexity index is 2080. The van der Waals surface area contributed by atoms with Crippen molar-refractivity contribution >= 4 is 21.9 Å². The summed E-state index contributed by atoms with van der Waals surface area (Å²) >= 11 is 0. The average Bonchev–Trinajstić information content (AvgIpc) is 3.48. The quantitative estimate of drug-likeness (QED) is 0.156. The maximum atomic E-state index is 15.7. The highest BCUT2D eigenvalue weighted by Gasteiger charge is 2.66. The Labute approximate surface area is 250 Å². The number of hydrogen-bond donors (Lipinski definition) is 0. The molecule has 4 unspecified atom stereocenters. The number of rotatable bonds is 0. The van der Waals surface area contributed by atoms with E-state index in [1.54, 1.807) is 0 Å². The summed E-state index contributed by atoms with van der Waals surface area (Å²) in [4.78, 5) is 0. The van der Waals surface area contributed by atoms with Crippen molar-refractivity contribution in [2.75, 3.05) is 0 Å². The summed E-state index contributed by atoms with van der Waals surface area (Å²) in [7, 11) is 0. The van der Waals surface area contributed by atoms with E-state index in [1.807, 2.05) is 48.6 Å². The summed E-state index contributed by atoms with van der Waals surface area (Å²) in [5.74, 6) is 0.149. The molecule has 0 N–H and O–H groups in total. The standard InChI is InChI=1S/C38H26F6/c1-35(37(39,40)41)29-15-25-21-11-3-7-19-9-5-13-23(33(19)21)27(25)17-31(29)36(2,38(42,43)44)32-18-28-24-14-6-10-20-8-4-12-22(34(20)24)26(28)16-30(32)35/h3-5,7-9,11-18,20,34H,6,10H2,1-2H3. The molecule has 9 rings (SSSR count). The Morgan fingerprint density at radius 1 is 0.636 bits per heavy atom. The molecule has 0 bridgehead atoms. The summed E-state index contributed by atoms with van der Waals surface area (Å²) in [6.07, 6.45) is 0.00617. The molecule has 0 radical (unpaired) electrons. The van der Waals surface area contributed by atoms with Crippen LogP contribution in [0.5, 0.6) is 0 Å². The molecular weight excluding hydrogens is 570 g/mol. The summed E-state index contributed by atoms with van der Waals surface area (Å²) in [6, 6.07) is 16.9. The van der Waals surface area contributed by atoms with Crippen LogP contribution in [0.4, 0.5) is 26.3 Å². The highest BCUT2D eigenvalue weighted by atomic mass is 19.4. The molecule has 0 nitrogen and oxygen atoms in total. The highest BCUT2D eigenvalue weighted by molar-refractivity contribution is 6.15. The summed E-state index contributed by atoms with van der Waals surface area (Å²) in [5, 5.41) is 1.75. The number of alkyl halides is 6. The van der Waals surface area contributed by atoms with Gasteiger partial charge in [-0.25, -0.2) is 0 Å². The van der Waals surface area contributed by atoms with E-state index in [9.17, 15) is 0 Å². The van der Waals surface area contributed by atoms with Gasteiger partial charge in [-0.2, -0.15) is 26.3 Å². The van der Waals surface area contributed by atoms with E-state index >= 15 is 26.3 Å². The van der Waals surface area contributed by atoms with E-state index < -0.39 is 23.2 Å². The van der Waals surface area contributed by atoms with Gasteiger partial charge in [-0.15, -0.1) is 0 Å². The molecule has 0 aliphatic heterocycles. The van der Waals surface area contributed by atoms with Gasteiger partial charge in [0.25, 0.3) is 0 Å². The van der Waals surface area contributed by atoms with Crippen molar-refractivity contribution in [3.05, 3.63) is 118 Å². The van der Waals surface area contributed by atoms with Gasteiger partial charge in [-0.1, -0.05) is 60.7 Å². The largest absolute Gasteiger partial charge is 0.402 e. The SMILES string of the molecule is CC1(C(F)(F)F)c2cc3c(cc2C(C)(C(F)(F)F)c2cc4c(cc21)-c1cccc2cccc-4c12)C1=CCCC2C=CC=C3C12. The molecule has 5 aliphatic rings. The lowest BCUT2D eigenvalue weighted by Crippen LogP contribution is -2.53. The van der Waals surface area contributed by atoms with Crippen LogP contribution in [0.1, 0.15) is 60.1 Å². The molecule has 0 heterocycles. The van der Waals surface area contributed by atoms with Gasteiger partial charge in [0.2, 0.25) is 0 Å². The monoisotopic (exact) mass is 596 g/mol. The first-order valence-corrected chi connectivity index (χ1v) is 15.0. The van der Waals surface area contributed by atoms with Gasteiger partial charge in [0.1, 0.15) is 10.8 Å². The van der Waals surface area contributed by atoms with Crippen LogP contribution in [-0.4, -0.2) is 12.4 Å². The molecule has 0 spiro atoms. The molecule has 220 valence electrons. The Morgan fingerprint density at radius 3 is 1.66 bits per heavy atom. The van der Waals surface area contributed by atoms with Gasteiger partial charge in [0.05, 0.1) is 0 Å². The minimum Gasteiger partial charge on any atom is -0.170 e. The molecular formula is C38H26F6. The first-order chi connectivity index (χ1) is 20.9. The van der Waals surface area contributed by atoms with Crippen molar-refractivity contribution in [3.63, 3.8) is 0 Å². The van der Waals surface area contributed by atoms with Crippen LogP contribution in [0.25, 0.3) is 44.2 Å². The first-order valence-electron chi connectivity index (χ1n) is 15.0. The lowest BCUT2D eigenvalue weighted by atomic mass is 9.57. The summed E-state index contributed by atoms with van der Waals surface area (Å²) in [5.41, 5.74) is -0.921. The Balaban J connectivity index is 1.41. The average molecular weight is 597 g/mol. The second kappa shape index (κ2) is 7.96. The lowest BCUT2D eigenvalue weighted by Gasteiger charge is -2.48. The summed E-state index contributed by atoms with van der Waals surface area (Å²) in [6.45, 7) is 2.14. The summed E-state index contributed by atoms with van der Waals surface area (Å²) < 4.78 is 93.9. The van der Waals surface area contributed by atoms with Crippen LogP contribution in [0.2, 0.25) is 0 Å². The van der Waals surface area contributed by atoms with Crippen LogP contribution >= 0.6 is 0 Å². The molecule has 0 saturated carbocycles. The zero-order chi connectivity index (χ0) is 30.6. The van der Waals surface area contributed by atoms with Crippen molar-refractivity contribution in [3.8, 4) is 22.3 Å². The molecule has 4 atom stereocenters. The Kier molecular flexibility index (Phi) is 4.76. The Hall–Kier alpha value is -4.06. The van der Waals surface area contributed by atoms with E-state index in [1.165, 1.54) is 24.3 Å². The van der Waals surface area contributed by atoms with Crippen LogP contribution in [0, 0.1) is 11.8 Å².